The summed E-state index contributed by atoms with van der Waals surface area (Å²) < 4.78 is 0. The maximum Gasteiger partial charge on any atom is 0.0223 e. The zero-order valence-corrected chi connectivity index (χ0v) is 10.3. The molecule has 0 aromatic rings. The summed E-state index contributed by atoms with van der Waals surface area (Å²) in [6, 6.07) is 0.352. The highest BCUT2D eigenvalue weighted by atomic mass is 14.8. The molecule has 0 amide bonds. The fourth-order valence-electron chi connectivity index (χ4n) is 2.29. The predicted molar refractivity (Wildman–Crippen MR) is 64.1 cm³/mol. The zero-order chi connectivity index (χ0) is 11.1. The van der Waals surface area contributed by atoms with Gasteiger partial charge in [-0.15, -0.1) is 0 Å². The van der Waals surface area contributed by atoms with Crippen molar-refractivity contribution in [3.63, 3.8) is 0 Å². The molecular formula is C12H28N2. The lowest BCUT2D eigenvalue weighted by Gasteiger charge is -2.32. The standard InChI is InChI=1S/C12H28N2/c1-5-9(6-2)11(13)12(14)10(7-3)8-4/h9-12H,5-8,13-14H2,1-4H3/t11-,12-/m1/s1. The van der Waals surface area contributed by atoms with Crippen LogP contribution in [-0.4, -0.2) is 12.1 Å². The van der Waals surface area contributed by atoms with Crippen LogP contribution in [0.4, 0.5) is 0 Å². The second kappa shape index (κ2) is 7.24. The SMILES string of the molecule is CCC(CC)[C@@H](N)[C@H](N)C(CC)CC. The molecular weight excluding hydrogens is 172 g/mol. The molecule has 0 aliphatic rings. The summed E-state index contributed by atoms with van der Waals surface area (Å²) in [7, 11) is 0. The Balaban J connectivity index is 4.26. The lowest BCUT2D eigenvalue weighted by Crippen LogP contribution is -2.50. The molecule has 0 aromatic carbocycles. The maximum absolute atomic E-state index is 6.21. The normalized spacial score (nSPS) is 16.3. The predicted octanol–water partition coefficient (Wildman–Crippen LogP) is 2.51. The van der Waals surface area contributed by atoms with Crippen molar-refractivity contribution in [2.75, 3.05) is 0 Å². The van der Waals surface area contributed by atoms with E-state index in [9.17, 15) is 0 Å². The van der Waals surface area contributed by atoms with Crippen LogP contribution < -0.4 is 11.5 Å². The van der Waals surface area contributed by atoms with Crippen LogP contribution in [0, 0.1) is 11.8 Å². The summed E-state index contributed by atoms with van der Waals surface area (Å²) in [6.45, 7) is 8.81. The third-order valence-corrected chi connectivity index (χ3v) is 3.63. The first-order valence-electron chi connectivity index (χ1n) is 6.13. The van der Waals surface area contributed by atoms with Gasteiger partial charge in [0.15, 0.2) is 0 Å². The van der Waals surface area contributed by atoms with Crippen molar-refractivity contribution in [3.8, 4) is 0 Å². The Kier molecular flexibility index (Phi) is 7.20. The molecule has 2 heteroatoms. The molecule has 0 radical (unpaired) electrons. The van der Waals surface area contributed by atoms with Crippen LogP contribution in [0.2, 0.25) is 0 Å². The third kappa shape index (κ3) is 3.58. The van der Waals surface area contributed by atoms with Crippen molar-refractivity contribution >= 4 is 0 Å². The van der Waals surface area contributed by atoms with Crippen LogP contribution in [0.25, 0.3) is 0 Å². The molecule has 0 aliphatic carbocycles. The third-order valence-electron chi connectivity index (χ3n) is 3.63. The first kappa shape index (κ1) is 13.9. The van der Waals surface area contributed by atoms with Gasteiger partial charge in [-0.05, 0) is 11.8 Å². The van der Waals surface area contributed by atoms with Crippen molar-refractivity contribution in [3.05, 3.63) is 0 Å². The molecule has 0 aliphatic heterocycles. The van der Waals surface area contributed by atoms with Crippen molar-refractivity contribution in [2.24, 2.45) is 23.3 Å². The van der Waals surface area contributed by atoms with Gasteiger partial charge in [0.2, 0.25) is 0 Å². The number of hydrogen-bond donors (Lipinski definition) is 2. The molecule has 4 N–H and O–H groups in total. The molecule has 0 saturated carbocycles. The second-order valence-corrected chi connectivity index (χ2v) is 4.31. The number of nitrogens with two attached hydrogens (primary N) is 2. The Hall–Kier alpha value is -0.0800. The van der Waals surface area contributed by atoms with E-state index < -0.39 is 0 Å². The molecule has 0 fully saturated rings. The van der Waals surface area contributed by atoms with Gasteiger partial charge in [0.05, 0.1) is 0 Å². The molecule has 2 atom stereocenters. The fourth-order valence-corrected chi connectivity index (χ4v) is 2.29. The van der Waals surface area contributed by atoms with E-state index in [1.54, 1.807) is 0 Å². The Morgan fingerprint density at radius 2 is 0.857 bits per heavy atom. The summed E-state index contributed by atoms with van der Waals surface area (Å²) in [5, 5.41) is 0. The van der Waals surface area contributed by atoms with Crippen LogP contribution in [0.15, 0.2) is 0 Å². The van der Waals surface area contributed by atoms with Gasteiger partial charge in [0, 0.05) is 12.1 Å². The topological polar surface area (TPSA) is 52.0 Å². The van der Waals surface area contributed by atoms with E-state index in [0.29, 0.717) is 11.8 Å². The molecule has 0 rings (SSSR count). The molecule has 0 bridgehead atoms. The van der Waals surface area contributed by atoms with E-state index in [-0.39, 0.29) is 12.1 Å². The highest BCUT2D eigenvalue weighted by molar-refractivity contribution is 4.85. The monoisotopic (exact) mass is 200 g/mol. The number of hydrogen-bond acceptors (Lipinski definition) is 2. The first-order valence-corrected chi connectivity index (χ1v) is 6.13. The van der Waals surface area contributed by atoms with Gasteiger partial charge < -0.3 is 11.5 Å². The molecule has 14 heavy (non-hydrogen) atoms. The summed E-state index contributed by atoms with van der Waals surface area (Å²) in [4.78, 5) is 0. The van der Waals surface area contributed by atoms with Crippen molar-refractivity contribution in [1.29, 1.82) is 0 Å². The molecule has 2 nitrogen and oxygen atoms in total. The minimum absolute atomic E-state index is 0.176. The van der Waals surface area contributed by atoms with Crippen LogP contribution in [0.1, 0.15) is 53.4 Å². The Morgan fingerprint density at radius 1 is 0.643 bits per heavy atom. The molecule has 0 heterocycles. The Morgan fingerprint density at radius 3 is 1.00 bits per heavy atom. The van der Waals surface area contributed by atoms with Crippen molar-refractivity contribution in [1.82, 2.24) is 0 Å². The molecule has 86 valence electrons. The summed E-state index contributed by atoms with van der Waals surface area (Å²) >= 11 is 0. The average Bonchev–Trinajstić information content (AvgIpc) is 2.21. The van der Waals surface area contributed by atoms with Gasteiger partial charge in [-0.3, -0.25) is 0 Å². The van der Waals surface area contributed by atoms with Crippen LogP contribution in [0.5, 0.6) is 0 Å². The average molecular weight is 200 g/mol. The molecule has 0 saturated heterocycles. The van der Waals surface area contributed by atoms with Gasteiger partial charge in [-0.25, -0.2) is 0 Å². The van der Waals surface area contributed by atoms with E-state index in [2.05, 4.69) is 27.7 Å². The summed E-state index contributed by atoms with van der Waals surface area (Å²) in [5.41, 5.74) is 12.4. The fraction of sp³-hybridized carbons (Fsp3) is 1.00. The van der Waals surface area contributed by atoms with Gasteiger partial charge in [-0.2, -0.15) is 0 Å². The summed E-state index contributed by atoms with van der Waals surface area (Å²) in [6.07, 6.45) is 4.58. The second-order valence-electron chi connectivity index (χ2n) is 4.31. The Labute approximate surface area is 89.4 Å². The minimum Gasteiger partial charge on any atom is -0.326 e. The highest BCUT2D eigenvalue weighted by Gasteiger charge is 2.25. The molecule has 0 spiro atoms. The van der Waals surface area contributed by atoms with Crippen LogP contribution >= 0.6 is 0 Å². The van der Waals surface area contributed by atoms with Gasteiger partial charge in [0.1, 0.15) is 0 Å². The summed E-state index contributed by atoms with van der Waals surface area (Å²) in [5.74, 6) is 1.18. The maximum atomic E-state index is 6.21. The van der Waals surface area contributed by atoms with E-state index in [1.165, 1.54) is 0 Å². The smallest absolute Gasteiger partial charge is 0.0223 e. The van der Waals surface area contributed by atoms with Crippen molar-refractivity contribution < 1.29 is 0 Å². The lowest BCUT2D eigenvalue weighted by molar-refractivity contribution is 0.271. The van der Waals surface area contributed by atoms with Crippen molar-refractivity contribution in [2.45, 2.75) is 65.5 Å². The van der Waals surface area contributed by atoms with Crippen LogP contribution in [-0.2, 0) is 0 Å². The van der Waals surface area contributed by atoms with E-state index in [0.717, 1.165) is 25.7 Å². The molecule has 0 unspecified atom stereocenters. The minimum atomic E-state index is 0.176. The van der Waals surface area contributed by atoms with Gasteiger partial charge in [0.25, 0.3) is 0 Å². The highest BCUT2D eigenvalue weighted by Crippen LogP contribution is 2.20. The van der Waals surface area contributed by atoms with Gasteiger partial charge >= 0.3 is 0 Å². The largest absolute Gasteiger partial charge is 0.326 e. The Bertz CT molecular complexity index is 112. The van der Waals surface area contributed by atoms with E-state index >= 15 is 0 Å². The molecule has 0 aromatic heterocycles. The van der Waals surface area contributed by atoms with Gasteiger partial charge in [-0.1, -0.05) is 53.4 Å². The van der Waals surface area contributed by atoms with E-state index in [4.69, 9.17) is 11.5 Å². The zero-order valence-electron chi connectivity index (χ0n) is 10.3. The van der Waals surface area contributed by atoms with E-state index in [1.807, 2.05) is 0 Å². The lowest BCUT2D eigenvalue weighted by atomic mass is 9.82. The quantitative estimate of drug-likeness (QED) is 0.663. The van der Waals surface area contributed by atoms with Crippen LogP contribution in [0.3, 0.4) is 0 Å². The first-order chi connectivity index (χ1) is 6.62. The number of rotatable bonds is 7.